The minimum Gasteiger partial charge on any atom is -0.327 e. The average Bonchev–Trinajstić information content (AvgIpc) is 2.25. The second-order valence-electron chi connectivity index (χ2n) is 2.85. The van der Waals surface area contributed by atoms with Gasteiger partial charge in [-0.05, 0) is 12.1 Å². The van der Waals surface area contributed by atoms with E-state index >= 15 is 0 Å². The maximum Gasteiger partial charge on any atom is 0.261 e. The zero-order chi connectivity index (χ0) is 12.0. The lowest BCUT2D eigenvalue weighted by molar-refractivity contribution is 0.547. The summed E-state index contributed by atoms with van der Waals surface area (Å²) in [4.78, 5) is 3.47. The van der Waals surface area contributed by atoms with Crippen LogP contribution in [0.25, 0.3) is 0 Å². The van der Waals surface area contributed by atoms with Gasteiger partial charge in [0, 0.05) is 19.3 Å². The topological polar surface area (TPSA) is 85.1 Å². The molecule has 0 aliphatic heterocycles. The van der Waals surface area contributed by atoms with E-state index in [1.807, 2.05) is 0 Å². The van der Waals surface area contributed by atoms with Gasteiger partial charge < -0.3 is 5.73 Å². The molecular formula is C9H12FN3O2S. The van der Waals surface area contributed by atoms with Gasteiger partial charge in [-0.3, -0.25) is 0 Å². The quantitative estimate of drug-likeness (QED) is 0.716. The van der Waals surface area contributed by atoms with Crippen LogP contribution in [0.4, 0.5) is 4.39 Å². The van der Waals surface area contributed by atoms with Crippen LogP contribution in [0.1, 0.15) is 0 Å². The second kappa shape index (κ2) is 5.69. The molecule has 16 heavy (non-hydrogen) atoms. The number of nitrogens with two attached hydrogens (primary N) is 1. The Hall–Kier alpha value is -1.31. The Bertz CT molecular complexity index is 473. The third kappa shape index (κ3) is 3.37. The van der Waals surface area contributed by atoms with Crippen molar-refractivity contribution in [3.8, 4) is 0 Å². The SMILES string of the molecule is NC/C=C/CNS(=O)(=O)c1ncccc1F. The highest BCUT2D eigenvalue weighted by atomic mass is 32.2. The summed E-state index contributed by atoms with van der Waals surface area (Å²) in [6, 6.07) is 2.36. The summed E-state index contributed by atoms with van der Waals surface area (Å²) in [6.45, 7) is 0.370. The molecule has 0 spiro atoms. The summed E-state index contributed by atoms with van der Waals surface area (Å²) >= 11 is 0. The van der Waals surface area contributed by atoms with Gasteiger partial charge in [0.05, 0.1) is 0 Å². The standard InChI is InChI=1S/C9H12FN3O2S/c10-8-4-3-6-12-9(8)16(14,15)13-7-2-1-5-11/h1-4,6,13H,5,7,11H2/b2-1+. The molecule has 0 aliphatic carbocycles. The van der Waals surface area contributed by atoms with Gasteiger partial charge in [-0.15, -0.1) is 0 Å². The summed E-state index contributed by atoms with van der Waals surface area (Å²) in [7, 11) is -3.90. The molecule has 88 valence electrons. The highest BCUT2D eigenvalue weighted by Gasteiger charge is 2.18. The second-order valence-corrected chi connectivity index (χ2v) is 4.53. The minimum absolute atomic E-state index is 0.0511. The smallest absolute Gasteiger partial charge is 0.261 e. The predicted molar refractivity (Wildman–Crippen MR) is 57.6 cm³/mol. The zero-order valence-electron chi connectivity index (χ0n) is 8.43. The highest BCUT2D eigenvalue weighted by Crippen LogP contribution is 2.08. The van der Waals surface area contributed by atoms with Crippen LogP contribution in [0, 0.1) is 5.82 Å². The highest BCUT2D eigenvalue weighted by molar-refractivity contribution is 7.89. The molecule has 0 atom stereocenters. The van der Waals surface area contributed by atoms with E-state index in [1.54, 1.807) is 12.2 Å². The first-order valence-corrected chi connectivity index (χ1v) is 6.01. The van der Waals surface area contributed by atoms with Crippen molar-refractivity contribution in [2.24, 2.45) is 5.73 Å². The molecule has 0 aliphatic rings. The lowest BCUT2D eigenvalue weighted by Crippen LogP contribution is -2.25. The Labute approximate surface area is 93.2 Å². The molecule has 0 bridgehead atoms. The van der Waals surface area contributed by atoms with Crippen LogP contribution >= 0.6 is 0 Å². The van der Waals surface area contributed by atoms with E-state index in [2.05, 4.69) is 9.71 Å². The first-order chi connectivity index (χ1) is 7.58. The van der Waals surface area contributed by atoms with Crippen molar-refractivity contribution < 1.29 is 12.8 Å². The molecule has 0 radical (unpaired) electrons. The van der Waals surface area contributed by atoms with Gasteiger partial charge in [0.15, 0.2) is 5.82 Å². The van der Waals surface area contributed by atoms with Crippen molar-refractivity contribution in [3.05, 3.63) is 36.3 Å². The number of hydrogen-bond donors (Lipinski definition) is 2. The molecule has 0 saturated carbocycles. The zero-order valence-corrected chi connectivity index (χ0v) is 9.24. The number of hydrogen-bond acceptors (Lipinski definition) is 4. The molecule has 5 nitrogen and oxygen atoms in total. The molecular weight excluding hydrogens is 233 g/mol. The molecule has 1 rings (SSSR count). The van der Waals surface area contributed by atoms with Crippen LogP contribution in [0.15, 0.2) is 35.5 Å². The first-order valence-electron chi connectivity index (χ1n) is 4.53. The summed E-state index contributed by atoms with van der Waals surface area (Å²) in [5.74, 6) is -0.877. The van der Waals surface area contributed by atoms with Gasteiger partial charge in [0.1, 0.15) is 0 Å². The summed E-state index contributed by atoms with van der Waals surface area (Å²) in [5.41, 5.74) is 5.18. The van der Waals surface area contributed by atoms with Gasteiger partial charge in [-0.25, -0.2) is 22.5 Å². The van der Waals surface area contributed by atoms with Crippen LogP contribution < -0.4 is 10.5 Å². The number of nitrogens with one attached hydrogen (secondary N) is 1. The molecule has 0 unspecified atom stereocenters. The van der Waals surface area contributed by atoms with E-state index < -0.39 is 20.9 Å². The van der Waals surface area contributed by atoms with Gasteiger partial charge in [0.25, 0.3) is 10.0 Å². The van der Waals surface area contributed by atoms with Crippen molar-refractivity contribution in [1.82, 2.24) is 9.71 Å². The number of halogens is 1. The number of pyridine rings is 1. The third-order valence-corrected chi connectivity index (χ3v) is 3.03. The Kier molecular flexibility index (Phi) is 4.53. The first kappa shape index (κ1) is 12.8. The Morgan fingerprint density at radius 3 is 2.88 bits per heavy atom. The van der Waals surface area contributed by atoms with Crippen molar-refractivity contribution in [3.63, 3.8) is 0 Å². The van der Waals surface area contributed by atoms with Crippen LogP contribution in [0.2, 0.25) is 0 Å². The van der Waals surface area contributed by atoms with Crippen LogP contribution in [0.3, 0.4) is 0 Å². The third-order valence-electron chi connectivity index (χ3n) is 1.67. The largest absolute Gasteiger partial charge is 0.327 e. The summed E-state index contributed by atoms with van der Waals surface area (Å²) in [5, 5.41) is -0.601. The maximum atomic E-state index is 13.1. The van der Waals surface area contributed by atoms with Crippen molar-refractivity contribution in [1.29, 1.82) is 0 Å². The molecule has 0 saturated heterocycles. The van der Waals surface area contributed by atoms with Crippen molar-refractivity contribution >= 4 is 10.0 Å². The Morgan fingerprint density at radius 1 is 1.50 bits per heavy atom. The molecule has 0 aromatic carbocycles. The number of aromatic nitrogens is 1. The van der Waals surface area contributed by atoms with E-state index in [4.69, 9.17) is 5.73 Å². The van der Waals surface area contributed by atoms with Gasteiger partial charge in [0.2, 0.25) is 5.03 Å². The fraction of sp³-hybridized carbons (Fsp3) is 0.222. The fourth-order valence-electron chi connectivity index (χ4n) is 0.975. The molecule has 1 aromatic rings. The molecule has 1 heterocycles. The lowest BCUT2D eigenvalue weighted by Gasteiger charge is -2.03. The minimum atomic E-state index is -3.90. The average molecular weight is 245 g/mol. The lowest BCUT2D eigenvalue weighted by atomic mass is 10.5. The van der Waals surface area contributed by atoms with Gasteiger partial charge >= 0.3 is 0 Å². The molecule has 0 fully saturated rings. The number of nitrogens with zero attached hydrogens (tertiary/aromatic N) is 1. The van der Waals surface area contributed by atoms with E-state index in [9.17, 15) is 12.8 Å². The Morgan fingerprint density at radius 2 is 2.25 bits per heavy atom. The van der Waals surface area contributed by atoms with E-state index in [1.165, 1.54) is 12.3 Å². The van der Waals surface area contributed by atoms with Crippen LogP contribution in [-0.2, 0) is 10.0 Å². The van der Waals surface area contributed by atoms with E-state index in [0.29, 0.717) is 6.54 Å². The van der Waals surface area contributed by atoms with Crippen molar-refractivity contribution in [2.45, 2.75) is 5.03 Å². The van der Waals surface area contributed by atoms with Gasteiger partial charge in [-0.2, -0.15) is 0 Å². The van der Waals surface area contributed by atoms with E-state index in [0.717, 1.165) is 6.07 Å². The summed E-state index contributed by atoms with van der Waals surface area (Å²) in [6.07, 6.45) is 4.35. The van der Waals surface area contributed by atoms with Crippen LogP contribution in [0.5, 0.6) is 0 Å². The molecule has 3 N–H and O–H groups in total. The number of sulfonamides is 1. The Balaban J connectivity index is 2.79. The van der Waals surface area contributed by atoms with E-state index in [-0.39, 0.29) is 6.54 Å². The molecule has 7 heteroatoms. The normalized spacial score (nSPS) is 12.1. The molecule has 0 amide bonds. The van der Waals surface area contributed by atoms with Crippen molar-refractivity contribution in [2.75, 3.05) is 13.1 Å². The van der Waals surface area contributed by atoms with Crippen LogP contribution in [-0.4, -0.2) is 26.5 Å². The van der Waals surface area contributed by atoms with Gasteiger partial charge in [-0.1, -0.05) is 12.2 Å². The summed E-state index contributed by atoms with van der Waals surface area (Å²) < 4.78 is 38.4. The predicted octanol–water partition coefficient (Wildman–Crippen LogP) is 0.0139. The maximum absolute atomic E-state index is 13.1. The fourth-order valence-corrected chi connectivity index (χ4v) is 1.95. The molecule has 1 aromatic heterocycles. The number of rotatable bonds is 5. The monoisotopic (exact) mass is 245 g/mol.